The number of aromatic nitrogens is 2. The molecule has 0 amide bonds. The fourth-order valence-electron chi connectivity index (χ4n) is 11.6. The maximum Gasteiger partial charge on any atom is 0.339 e. The summed E-state index contributed by atoms with van der Waals surface area (Å²) in [6, 6.07) is 41.3. The van der Waals surface area contributed by atoms with Gasteiger partial charge in [-0.1, -0.05) is 125 Å². The van der Waals surface area contributed by atoms with Gasteiger partial charge in [0.2, 0.25) is 11.1 Å². The molecule has 0 spiro atoms. The summed E-state index contributed by atoms with van der Waals surface area (Å²) in [6.07, 6.45) is -0.226. The van der Waals surface area contributed by atoms with Gasteiger partial charge < -0.3 is 49.8 Å². The zero-order valence-corrected chi connectivity index (χ0v) is 45.8. The molecule has 14 heteroatoms. The average molecular weight is 1080 g/mol. The van der Waals surface area contributed by atoms with E-state index in [0.29, 0.717) is 44.4 Å². The molecule has 2 aliphatic carbocycles. The molecule has 8 aromatic rings. The van der Waals surface area contributed by atoms with Crippen molar-refractivity contribution in [2.45, 2.75) is 129 Å². The molecule has 6 aromatic carbocycles. The van der Waals surface area contributed by atoms with Gasteiger partial charge in [-0.25, -0.2) is 9.59 Å². The molecule has 0 fully saturated rings. The molecule has 0 saturated carbocycles. The van der Waals surface area contributed by atoms with Gasteiger partial charge in [0.25, 0.3) is 0 Å². The third-order valence-electron chi connectivity index (χ3n) is 15.9. The van der Waals surface area contributed by atoms with E-state index in [2.05, 4.69) is 72.6 Å². The maximum atomic E-state index is 14.4. The van der Waals surface area contributed by atoms with E-state index >= 15 is 0 Å². The third kappa shape index (κ3) is 12.4. The Hall–Kier alpha value is -7.88. The van der Waals surface area contributed by atoms with Crippen LogP contribution in [0.15, 0.2) is 143 Å². The quantitative estimate of drug-likeness (QED) is 0.0333. The monoisotopic (exact) mass is 1080 g/mol. The molecule has 2 aliphatic rings. The molecule has 2 aromatic heterocycles. The van der Waals surface area contributed by atoms with Crippen LogP contribution in [0, 0.1) is 0 Å². The highest BCUT2D eigenvalue weighted by molar-refractivity contribution is 5.90. The van der Waals surface area contributed by atoms with Crippen molar-refractivity contribution in [2.75, 3.05) is 13.1 Å². The Kier molecular flexibility index (Phi) is 17.4. The van der Waals surface area contributed by atoms with Crippen LogP contribution in [0.25, 0.3) is 21.8 Å². The second kappa shape index (κ2) is 25.1. The van der Waals surface area contributed by atoms with Crippen LogP contribution < -0.4 is 31.2 Å². The number of nitrogens with one attached hydrogen (secondary N) is 4. The second-order valence-electron chi connectivity index (χ2n) is 21.0. The Balaban J connectivity index is 0.917. The molecule has 6 N–H and O–H groups in total. The summed E-state index contributed by atoms with van der Waals surface area (Å²) in [4.78, 5) is 60.3. The molecule has 4 atom stereocenters. The van der Waals surface area contributed by atoms with Crippen LogP contribution in [-0.4, -0.2) is 69.5 Å². The van der Waals surface area contributed by atoms with E-state index in [1.807, 2.05) is 60.7 Å². The summed E-state index contributed by atoms with van der Waals surface area (Å²) in [6.45, 7) is 9.25. The number of hydrogen-bond acceptors (Lipinski definition) is 12. The van der Waals surface area contributed by atoms with Crippen LogP contribution in [0.4, 0.5) is 0 Å². The van der Waals surface area contributed by atoms with Crippen LogP contribution in [0.1, 0.15) is 107 Å². The molecule has 0 radical (unpaired) electrons. The lowest BCUT2D eigenvalue weighted by molar-refractivity contribution is -0.179. The molecule has 0 bridgehead atoms. The van der Waals surface area contributed by atoms with Crippen molar-refractivity contribution in [3.8, 4) is 11.5 Å². The van der Waals surface area contributed by atoms with Gasteiger partial charge in [0.05, 0.1) is 11.0 Å². The molecule has 2 heterocycles. The van der Waals surface area contributed by atoms with Crippen LogP contribution in [0.2, 0.25) is 0 Å². The largest absolute Gasteiger partial charge is 0.487 e. The van der Waals surface area contributed by atoms with E-state index in [-0.39, 0.29) is 49.5 Å². The summed E-state index contributed by atoms with van der Waals surface area (Å²) in [7, 11) is 0. The van der Waals surface area contributed by atoms with Crippen molar-refractivity contribution in [1.82, 2.24) is 20.6 Å². The number of pyridine rings is 2. The third-order valence-corrected chi connectivity index (χ3v) is 15.9. The lowest BCUT2D eigenvalue weighted by Gasteiger charge is -2.26. The number of aromatic amines is 2. The van der Waals surface area contributed by atoms with E-state index < -0.39 is 36.4 Å². The Labute approximate surface area is 465 Å². The SMILES string of the molecule is CCc1cc2c(cc1CC)CC(NC[C@H](OC(=O)C(O)C(O)C(=O)O[C@@H](CNC1Cc3cc(CC)c(CC)cc3C1)c1ccc(OCc3ccccc3)c3[nH]c(=O)ccc13)c1ccc(OCc3ccccc3)c3[nH]c(=O)ccc13)C2. The molecule has 14 nitrogen and oxygen atoms in total. The number of H-pyrrole nitrogens is 2. The molecular weight excluding hydrogens is 1010 g/mol. The van der Waals surface area contributed by atoms with Crippen LogP contribution in [0.3, 0.4) is 0 Å². The van der Waals surface area contributed by atoms with Crippen molar-refractivity contribution in [1.29, 1.82) is 0 Å². The lowest BCUT2D eigenvalue weighted by atomic mass is 9.97. The van der Waals surface area contributed by atoms with Crippen LogP contribution in [-0.2, 0) is 83.6 Å². The van der Waals surface area contributed by atoms with Gasteiger partial charge in [-0.3, -0.25) is 9.59 Å². The topological polar surface area (TPSA) is 201 Å². The van der Waals surface area contributed by atoms with Crippen molar-refractivity contribution in [3.63, 3.8) is 0 Å². The summed E-state index contributed by atoms with van der Waals surface area (Å²) >= 11 is 0. The number of esters is 2. The Bertz CT molecular complexity index is 3330. The van der Waals surface area contributed by atoms with Gasteiger partial charge >= 0.3 is 11.9 Å². The Morgan fingerprint density at radius 3 is 1.19 bits per heavy atom. The van der Waals surface area contributed by atoms with Gasteiger partial charge in [0, 0.05) is 59.2 Å². The Morgan fingerprint density at radius 2 is 0.850 bits per heavy atom. The van der Waals surface area contributed by atoms with E-state index in [9.17, 15) is 29.4 Å². The molecule has 0 saturated heterocycles. The minimum atomic E-state index is -2.37. The molecule has 414 valence electrons. The van der Waals surface area contributed by atoms with Crippen molar-refractivity contribution >= 4 is 33.7 Å². The van der Waals surface area contributed by atoms with Gasteiger partial charge in [0.1, 0.15) is 36.9 Å². The number of aryl methyl sites for hydroxylation is 4. The molecule has 0 aliphatic heterocycles. The van der Waals surface area contributed by atoms with Crippen molar-refractivity contribution in [2.24, 2.45) is 0 Å². The zero-order valence-electron chi connectivity index (χ0n) is 45.8. The number of benzene rings is 6. The predicted molar refractivity (Wildman–Crippen MR) is 309 cm³/mol. The first kappa shape index (κ1) is 55.4. The second-order valence-corrected chi connectivity index (χ2v) is 21.0. The first-order valence-corrected chi connectivity index (χ1v) is 28.1. The van der Waals surface area contributed by atoms with Crippen molar-refractivity contribution < 1.29 is 38.7 Å². The van der Waals surface area contributed by atoms with Crippen molar-refractivity contribution in [3.05, 3.63) is 221 Å². The maximum absolute atomic E-state index is 14.4. The number of hydrogen-bond donors (Lipinski definition) is 6. The summed E-state index contributed by atoms with van der Waals surface area (Å²) in [5.74, 6) is -1.73. The highest BCUT2D eigenvalue weighted by atomic mass is 16.6. The van der Waals surface area contributed by atoms with E-state index in [4.69, 9.17) is 18.9 Å². The zero-order chi connectivity index (χ0) is 55.9. The number of aliphatic hydroxyl groups excluding tert-OH is 2. The number of fused-ring (bicyclic) bond motifs is 4. The van der Waals surface area contributed by atoms with E-state index in [1.54, 1.807) is 36.4 Å². The van der Waals surface area contributed by atoms with Gasteiger partial charge in [-0.2, -0.15) is 0 Å². The number of rotatable bonds is 23. The fourth-order valence-corrected chi connectivity index (χ4v) is 11.6. The van der Waals surface area contributed by atoms with Gasteiger partial charge in [0.15, 0.2) is 12.2 Å². The van der Waals surface area contributed by atoms with Crippen LogP contribution in [0.5, 0.6) is 11.5 Å². The fraction of sp³-hybridized carbons (Fsp3) is 0.333. The normalized spacial score (nSPS) is 14.8. The Morgan fingerprint density at radius 1 is 0.500 bits per heavy atom. The van der Waals surface area contributed by atoms with Gasteiger partial charge in [-0.15, -0.1) is 0 Å². The molecule has 2 unspecified atom stereocenters. The summed E-state index contributed by atoms with van der Waals surface area (Å²) in [5, 5.41) is 31.7. The minimum absolute atomic E-state index is 0.0157. The highest BCUT2D eigenvalue weighted by Gasteiger charge is 2.38. The van der Waals surface area contributed by atoms with Gasteiger partial charge in [-0.05, 0) is 131 Å². The lowest BCUT2D eigenvalue weighted by Crippen LogP contribution is -2.44. The smallest absolute Gasteiger partial charge is 0.339 e. The molecule has 10 rings (SSSR count). The minimum Gasteiger partial charge on any atom is -0.487 e. The predicted octanol–water partition coefficient (Wildman–Crippen LogP) is 8.88. The van der Waals surface area contributed by atoms with E-state index in [0.717, 1.165) is 62.5 Å². The number of aliphatic hydroxyl groups is 2. The molecule has 80 heavy (non-hydrogen) atoms. The standard InChI is InChI=1S/C66H70N4O10/c1-5-41-27-45-31-49(32-46(45)28-42(41)6-2)67-35-57(51-19-23-55(61-53(51)21-25-59(71)69-61)77-37-39-15-11-9-12-16-39)79-65(75)63(73)64(74)66(76)80-58(36-68-50-33-47-29-43(7-3)44(8-4)30-48(47)34-50)52-20-24-56(62-54(52)22-26-60(72)70-62)78-38-40-17-13-10-14-18-40/h9-30,49-50,57-58,63-64,67-68,73-74H,5-8,31-38H2,1-4H3,(H,69,71)(H,70,72)/t57-,58-,63?,64?/m0/s1. The number of carbonyl (C=O) groups is 2. The highest BCUT2D eigenvalue weighted by Crippen LogP contribution is 2.36. The average Bonchev–Trinajstić information content (AvgIpc) is 4.15. The molecular formula is C66H70N4O10. The first-order valence-electron chi connectivity index (χ1n) is 28.1. The van der Waals surface area contributed by atoms with Crippen LogP contribution >= 0.6 is 0 Å². The number of carbonyl (C=O) groups excluding carboxylic acids is 2. The summed E-state index contributed by atoms with van der Waals surface area (Å²) < 4.78 is 24.9. The summed E-state index contributed by atoms with van der Waals surface area (Å²) in [5.41, 5.74) is 13.2. The van der Waals surface area contributed by atoms with E-state index in [1.165, 1.54) is 56.6 Å². The first-order chi connectivity index (χ1) is 38.9. The number of ether oxygens (including phenoxy) is 4.